The lowest BCUT2D eigenvalue weighted by atomic mass is 9.98. The van der Waals surface area contributed by atoms with Crippen molar-refractivity contribution in [2.75, 3.05) is 13.2 Å². The Morgan fingerprint density at radius 3 is 2.09 bits per heavy atom. The molecule has 2 aromatic rings. The zero-order chi connectivity index (χ0) is 24.9. The third-order valence-electron chi connectivity index (χ3n) is 6.27. The highest BCUT2D eigenvalue weighted by molar-refractivity contribution is 5.82. The number of fused-ring (bicyclic) bond motifs is 3. The topological polar surface area (TPSA) is 95.9 Å². The smallest absolute Gasteiger partial charge is 0.407 e. The summed E-state index contributed by atoms with van der Waals surface area (Å²) in [7, 11) is 0. The van der Waals surface area contributed by atoms with Gasteiger partial charge in [0.15, 0.2) is 0 Å². The summed E-state index contributed by atoms with van der Waals surface area (Å²) in [5.74, 6) is -1.31. The number of aliphatic carboxylic acids is 1. The molecule has 182 valence electrons. The Morgan fingerprint density at radius 1 is 1.03 bits per heavy atom. The number of carboxylic acid groups (broad SMARTS) is 1. The fourth-order valence-electron chi connectivity index (χ4n) is 4.45. The predicted octanol–water partition coefficient (Wildman–Crippen LogP) is 4.80. The van der Waals surface area contributed by atoms with Gasteiger partial charge in [-0.3, -0.25) is 9.59 Å². The highest BCUT2D eigenvalue weighted by Gasteiger charge is 2.30. The molecule has 0 bridgehead atoms. The monoisotopic (exact) mass is 466 g/mol. The quantitative estimate of drug-likeness (QED) is 0.554. The summed E-state index contributed by atoms with van der Waals surface area (Å²) in [6, 6.07) is 16.1. The van der Waals surface area contributed by atoms with E-state index in [-0.39, 0.29) is 37.4 Å². The largest absolute Gasteiger partial charge is 0.480 e. The second-order valence-electron chi connectivity index (χ2n) is 9.66. The van der Waals surface area contributed by atoms with Crippen molar-refractivity contribution in [3.63, 3.8) is 0 Å². The van der Waals surface area contributed by atoms with Gasteiger partial charge < -0.3 is 20.1 Å². The molecule has 0 fully saturated rings. The first kappa shape index (κ1) is 25.3. The van der Waals surface area contributed by atoms with Crippen molar-refractivity contribution in [3.05, 3.63) is 59.7 Å². The van der Waals surface area contributed by atoms with Gasteiger partial charge in [0.25, 0.3) is 0 Å². The minimum atomic E-state index is -1.05. The average molecular weight is 467 g/mol. The van der Waals surface area contributed by atoms with Gasteiger partial charge in [-0.05, 0) is 55.9 Å². The Kier molecular flexibility index (Phi) is 7.97. The number of carbonyl (C=O) groups excluding carboxylic acids is 2. The minimum absolute atomic E-state index is 0.0174. The summed E-state index contributed by atoms with van der Waals surface area (Å²) in [5.41, 5.74) is 4.03. The summed E-state index contributed by atoms with van der Waals surface area (Å²) in [6.45, 7) is 7.22. The highest BCUT2D eigenvalue weighted by atomic mass is 16.5. The second-order valence-corrected chi connectivity index (χ2v) is 9.66. The van der Waals surface area contributed by atoms with Gasteiger partial charge in [0.2, 0.25) is 5.91 Å². The molecule has 0 spiro atoms. The molecule has 2 N–H and O–H groups in total. The van der Waals surface area contributed by atoms with E-state index in [1.165, 1.54) is 16.0 Å². The van der Waals surface area contributed by atoms with E-state index < -0.39 is 17.6 Å². The molecule has 0 aromatic heterocycles. The van der Waals surface area contributed by atoms with Crippen LogP contribution in [0, 0.1) is 0 Å². The van der Waals surface area contributed by atoms with Gasteiger partial charge in [-0.15, -0.1) is 0 Å². The molecule has 0 saturated carbocycles. The number of nitrogens with zero attached hydrogens (tertiary/aromatic N) is 1. The van der Waals surface area contributed by atoms with E-state index in [0.29, 0.717) is 12.8 Å². The fourth-order valence-corrected chi connectivity index (χ4v) is 4.45. The van der Waals surface area contributed by atoms with Crippen LogP contribution in [0.3, 0.4) is 0 Å². The molecule has 0 radical (unpaired) electrons. The van der Waals surface area contributed by atoms with Crippen LogP contribution in [0.4, 0.5) is 4.79 Å². The summed E-state index contributed by atoms with van der Waals surface area (Å²) in [4.78, 5) is 37.8. The third-order valence-corrected chi connectivity index (χ3v) is 6.27. The molecule has 2 aromatic carbocycles. The number of amides is 2. The number of nitrogens with one attached hydrogen (secondary N) is 1. The second kappa shape index (κ2) is 10.7. The number of hydrogen-bond donors (Lipinski definition) is 2. The number of carbonyl (C=O) groups is 3. The summed E-state index contributed by atoms with van der Waals surface area (Å²) in [6.07, 6.45) is 0.670. The molecule has 0 saturated heterocycles. The van der Waals surface area contributed by atoms with Crippen LogP contribution in [0.1, 0.15) is 64.0 Å². The SMILES string of the molecule is CCC(CCC(=O)N(CC(=O)O)C(C)(C)C)NC(=O)OCC1c2ccccc2-c2ccccc21. The lowest BCUT2D eigenvalue weighted by molar-refractivity contribution is -0.148. The molecule has 1 aliphatic carbocycles. The minimum Gasteiger partial charge on any atom is -0.480 e. The molecule has 1 aliphatic rings. The number of carboxylic acids is 1. The van der Waals surface area contributed by atoms with Crippen molar-refractivity contribution in [1.29, 1.82) is 0 Å². The molecular weight excluding hydrogens is 432 g/mol. The Balaban J connectivity index is 1.56. The molecule has 0 aliphatic heterocycles. The predicted molar refractivity (Wildman–Crippen MR) is 131 cm³/mol. The average Bonchev–Trinajstić information content (AvgIpc) is 3.11. The molecule has 7 heteroatoms. The van der Waals surface area contributed by atoms with Gasteiger partial charge in [-0.25, -0.2) is 4.79 Å². The van der Waals surface area contributed by atoms with Crippen molar-refractivity contribution in [3.8, 4) is 11.1 Å². The summed E-state index contributed by atoms with van der Waals surface area (Å²) >= 11 is 0. The maximum Gasteiger partial charge on any atom is 0.407 e. The first-order chi connectivity index (χ1) is 16.1. The van der Waals surface area contributed by atoms with E-state index in [0.717, 1.165) is 11.1 Å². The number of rotatable bonds is 9. The van der Waals surface area contributed by atoms with E-state index in [2.05, 4.69) is 29.6 Å². The van der Waals surface area contributed by atoms with Crippen LogP contribution in [0.5, 0.6) is 0 Å². The standard InChI is InChI=1S/C27H34N2O5/c1-5-18(14-15-24(30)29(16-25(31)32)27(2,3)4)28-26(33)34-17-23-21-12-8-6-10-19(21)20-11-7-9-13-22(20)23/h6-13,18,23H,5,14-17H2,1-4H3,(H,28,33)(H,31,32). The van der Waals surface area contributed by atoms with Crippen molar-refractivity contribution < 1.29 is 24.2 Å². The zero-order valence-corrected chi connectivity index (χ0v) is 20.3. The Hall–Kier alpha value is -3.35. The molecule has 1 atom stereocenters. The van der Waals surface area contributed by atoms with Gasteiger partial charge in [0.05, 0.1) is 0 Å². The van der Waals surface area contributed by atoms with E-state index in [1.807, 2.05) is 31.2 Å². The van der Waals surface area contributed by atoms with E-state index in [4.69, 9.17) is 9.84 Å². The van der Waals surface area contributed by atoms with E-state index in [1.54, 1.807) is 20.8 Å². The van der Waals surface area contributed by atoms with Crippen LogP contribution in [0.2, 0.25) is 0 Å². The first-order valence-electron chi connectivity index (χ1n) is 11.8. The van der Waals surface area contributed by atoms with Gasteiger partial charge in [-0.1, -0.05) is 55.5 Å². The molecular formula is C27H34N2O5. The Morgan fingerprint density at radius 2 is 1.59 bits per heavy atom. The van der Waals surface area contributed by atoms with Gasteiger partial charge in [0, 0.05) is 23.9 Å². The Bertz CT molecular complexity index is 998. The van der Waals surface area contributed by atoms with Crippen molar-refractivity contribution in [1.82, 2.24) is 10.2 Å². The van der Waals surface area contributed by atoms with Crippen LogP contribution in [0.25, 0.3) is 11.1 Å². The van der Waals surface area contributed by atoms with Crippen LogP contribution >= 0.6 is 0 Å². The van der Waals surface area contributed by atoms with Gasteiger partial charge in [-0.2, -0.15) is 0 Å². The normalized spacial score (nSPS) is 13.5. The van der Waals surface area contributed by atoms with Crippen LogP contribution < -0.4 is 5.32 Å². The van der Waals surface area contributed by atoms with Gasteiger partial charge in [0.1, 0.15) is 13.2 Å². The first-order valence-corrected chi connectivity index (χ1v) is 11.8. The molecule has 1 unspecified atom stereocenters. The van der Waals surface area contributed by atoms with Crippen molar-refractivity contribution >= 4 is 18.0 Å². The molecule has 0 heterocycles. The number of alkyl carbamates (subject to hydrolysis) is 1. The lowest BCUT2D eigenvalue weighted by Crippen LogP contribution is -2.48. The van der Waals surface area contributed by atoms with Crippen molar-refractivity contribution in [2.45, 2.75) is 64.5 Å². The van der Waals surface area contributed by atoms with Crippen LogP contribution in [0.15, 0.2) is 48.5 Å². The molecule has 3 rings (SSSR count). The Labute approximate surface area is 201 Å². The zero-order valence-electron chi connectivity index (χ0n) is 20.3. The van der Waals surface area contributed by atoms with E-state index >= 15 is 0 Å². The summed E-state index contributed by atoms with van der Waals surface area (Å²) in [5, 5.41) is 12.0. The maximum atomic E-state index is 12.7. The molecule has 7 nitrogen and oxygen atoms in total. The highest BCUT2D eigenvalue weighted by Crippen LogP contribution is 2.44. The fraction of sp³-hybridized carbons (Fsp3) is 0.444. The van der Waals surface area contributed by atoms with Gasteiger partial charge >= 0.3 is 12.1 Å². The summed E-state index contributed by atoms with van der Waals surface area (Å²) < 4.78 is 5.61. The van der Waals surface area contributed by atoms with E-state index in [9.17, 15) is 14.4 Å². The van der Waals surface area contributed by atoms with Crippen LogP contribution in [-0.4, -0.2) is 52.7 Å². The third kappa shape index (κ3) is 5.95. The van der Waals surface area contributed by atoms with Crippen LogP contribution in [-0.2, 0) is 14.3 Å². The van der Waals surface area contributed by atoms with Crippen molar-refractivity contribution in [2.24, 2.45) is 0 Å². The number of benzene rings is 2. The molecule has 2 amide bonds. The molecule has 34 heavy (non-hydrogen) atoms. The lowest BCUT2D eigenvalue weighted by Gasteiger charge is -2.34. The maximum absolute atomic E-state index is 12.7. The number of hydrogen-bond acceptors (Lipinski definition) is 4. The number of ether oxygens (including phenoxy) is 1.